The summed E-state index contributed by atoms with van der Waals surface area (Å²) >= 11 is 5.86. The van der Waals surface area contributed by atoms with Crippen LogP contribution >= 0.6 is 11.6 Å². The van der Waals surface area contributed by atoms with Crippen molar-refractivity contribution in [2.45, 2.75) is 17.7 Å². The van der Waals surface area contributed by atoms with Crippen LogP contribution in [0.1, 0.15) is 33.6 Å². The first-order valence-electron chi connectivity index (χ1n) is 8.94. The number of nitro groups is 1. The van der Waals surface area contributed by atoms with Crippen LogP contribution in [0.3, 0.4) is 0 Å². The molecule has 0 aliphatic carbocycles. The fourth-order valence-electron chi connectivity index (χ4n) is 2.97. The molecule has 1 fully saturated rings. The molecular weight excluding hydrogens is 436 g/mol. The highest BCUT2D eigenvalue weighted by atomic mass is 35.5. The molecule has 158 valence electrons. The first kappa shape index (κ1) is 21.9. The Hall–Kier alpha value is -2.82. The number of nitro benzene ring substituents is 1. The van der Waals surface area contributed by atoms with Gasteiger partial charge in [0.1, 0.15) is 0 Å². The molecule has 0 aromatic heterocycles. The molecule has 30 heavy (non-hydrogen) atoms. The van der Waals surface area contributed by atoms with E-state index < -0.39 is 33.3 Å². The minimum absolute atomic E-state index is 0.0932. The van der Waals surface area contributed by atoms with Gasteiger partial charge in [-0.15, -0.1) is 0 Å². The van der Waals surface area contributed by atoms with Crippen LogP contribution in [0, 0.1) is 10.1 Å². The number of hydrogen-bond acceptors (Lipinski definition) is 7. The monoisotopic (exact) mass is 452 g/mol. The van der Waals surface area contributed by atoms with Gasteiger partial charge in [0, 0.05) is 30.8 Å². The van der Waals surface area contributed by atoms with Gasteiger partial charge in [-0.3, -0.25) is 14.9 Å². The van der Waals surface area contributed by atoms with Crippen molar-refractivity contribution >= 4 is 39.1 Å². The predicted molar refractivity (Wildman–Crippen MR) is 107 cm³/mol. The van der Waals surface area contributed by atoms with Crippen molar-refractivity contribution in [3.8, 4) is 0 Å². The maximum Gasteiger partial charge on any atom is 0.340 e. The largest absolute Gasteiger partial charge is 0.454 e. The normalized spacial score (nSPS) is 14.4. The average Bonchev–Trinajstić information content (AvgIpc) is 3.27. The van der Waals surface area contributed by atoms with E-state index in [1.807, 2.05) is 0 Å². The summed E-state index contributed by atoms with van der Waals surface area (Å²) in [5.41, 5.74) is -0.211. The molecule has 2 aromatic carbocycles. The summed E-state index contributed by atoms with van der Waals surface area (Å²) in [6.07, 6.45) is 1.64. The molecule has 3 rings (SSSR count). The van der Waals surface area contributed by atoms with Gasteiger partial charge in [0.05, 0.1) is 20.4 Å². The lowest BCUT2D eigenvalue weighted by atomic mass is 10.1. The Balaban J connectivity index is 1.64. The van der Waals surface area contributed by atoms with Crippen LogP contribution in [0.5, 0.6) is 0 Å². The van der Waals surface area contributed by atoms with Crippen LogP contribution in [0.15, 0.2) is 47.4 Å². The van der Waals surface area contributed by atoms with Gasteiger partial charge in [0.25, 0.3) is 5.69 Å². The summed E-state index contributed by atoms with van der Waals surface area (Å²) < 4.78 is 31.3. The summed E-state index contributed by atoms with van der Waals surface area (Å²) in [5.74, 6) is -1.44. The number of carbonyl (C=O) groups excluding carboxylic acids is 2. The van der Waals surface area contributed by atoms with Crippen molar-refractivity contribution in [2.75, 3.05) is 19.7 Å². The number of halogens is 1. The highest BCUT2D eigenvalue weighted by molar-refractivity contribution is 7.89. The summed E-state index contributed by atoms with van der Waals surface area (Å²) in [6, 6.07) is 8.66. The molecular formula is C19H17ClN2O7S. The quantitative estimate of drug-likeness (QED) is 0.273. The fourth-order valence-corrected chi connectivity index (χ4v) is 4.73. The number of Topliss-reactive ketones (excluding diaryl/α,β-unsaturated/α-hetero) is 1. The maximum absolute atomic E-state index is 12.5. The number of ketones is 1. The number of ether oxygens (including phenoxy) is 1. The highest BCUT2D eigenvalue weighted by Crippen LogP contribution is 2.24. The van der Waals surface area contributed by atoms with Crippen molar-refractivity contribution in [1.82, 2.24) is 4.31 Å². The zero-order valence-electron chi connectivity index (χ0n) is 15.6. The SMILES string of the molecule is O=C(COC(=O)c1ccc([N+](=O)[O-])cc1Cl)c1ccc(S(=O)(=O)N2CCCC2)cc1. The van der Waals surface area contributed by atoms with Crippen LogP contribution in [-0.2, 0) is 14.8 Å². The molecule has 0 spiro atoms. The lowest BCUT2D eigenvalue weighted by Gasteiger charge is -2.15. The molecule has 0 bridgehead atoms. The van der Waals surface area contributed by atoms with Crippen molar-refractivity contribution in [2.24, 2.45) is 0 Å². The summed E-state index contributed by atoms with van der Waals surface area (Å²) in [4.78, 5) is 34.5. The van der Waals surface area contributed by atoms with Crippen LogP contribution in [-0.4, -0.2) is 49.1 Å². The number of nitrogens with zero attached hydrogens (tertiary/aromatic N) is 2. The number of benzene rings is 2. The fraction of sp³-hybridized carbons (Fsp3) is 0.263. The van der Waals surface area contributed by atoms with Gasteiger partial charge in [-0.2, -0.15) is 4.31 Å². The maximum atomic E-state index is 12.5. The zero-order valence-corrected chi connectivity index (χ0v) is 17.2. The third-order valence-electron chi connectivity index (χ3n) is 4.60. The molecule has 0 saturated carbocycles. The van der Waals surface area contributed by atoms with E-state index in [2.05, 4.69) is 0 Å². The zero-order chi connectivity index (χ0) is 21.9. The van der Waals surface area contributed by atoms with Crippen LogP contribution in [0.2, 0.25) is 5.02 Å². The minimum atomic E-state index is -3.58. The Morgan fingerprint density at radius 2 is 1.73 bits per heavy atom. The van der Waals surface area contributed by atoms with E-state index in [1.165, 1.54) is 28.6 Å². The van der Waals surface area contributed by atoms with Gasteiger partial charge >= 0.3 is 5.97 Å². The van der Waals surface area contributed by atoms with Crippen molar-refractivity contribution in [1.29, 1.82) is 0 Å². The van der Waals surface area contributed by atoms with Gasteiger partial charge in [0.15, 0.2) is 12.4 Å². The van der Waals surface area contributed by atoms with E-state index in [4.69, 9.17) is 16.3 Å². The first-order valence-corrected chi connectivity index (χ1v) is 10.8. The number of esters is 1. The Bertz CT molecular complexity index is 1090. The van der Waals surface area contributed by atoms with E-state index in [9.17, 15) is 28.1 Å². The number of rotatable bonds is 7. The molecule has 1 aliphatic rings. The first-order chi connectivity index (χ1) is 14.2. The number of sulfonamides is 1. The third-order valence-corrected chi connectivity index (χ3v) is 6.82. The molecule has 2 aromatic rings. The van der Waals surface area contributed by atoms with Gasteiger partial charge < -0.3 is 4.74 Å². The van der Waals surface area contributed by atoms with Crippen LogP contribution in [0.25, 0.3) is 0 Å². The third kappa shape index (κ3) is 4.66. The number of non-ortho nitro benzene ring substituents is 1. The topological polar surface area (TPSA) is 124 Å². The number of carbonyl (C=O) groups is 2. The standard InChI is InChI=1S/C19H17ClN2O7S/c20-17-11-14(22(25)26)5-8-16(17)19(24)29-12-18(23)13-3-6-15(7-4-13)30(27,28)21-9-1-2-10-21/h3-8,11H,1-2,9-10,12H2. The molecule has 1 heterocycles. The second-order valence-electron chi connectivity index (χ2n) is 6.56. The molecule has 1 aliphatic heterocycles. The molecule has 0 unspecified atom stereocenters. The minimum Gasteiger partial charge on any atom is -0.454 e. The number of hydrogen-bond donors (Lipinski definition) is 0. The van der Waals surface area contributed by atoms with Gasteiger partial charge in [-0.25, -0.2) is 13.2 Å². The molecule has 9 nitrogen and oxygen atoms in total. The van der Waals surface area contributed by atoms with E-state index in [0.717, 1.165) is 31.0 Å². The van der Waals surface area contributed by atoms with E-state index in [0.29, 0.717) is 13.1 Å². The Kier molecular flexibility index (Phi) is 6.49. The molecule has 0 N–H and O–H groups in total. The summed E-state index contributed by atoms with van der Waals surface area (Å²) in [6.45, 7) is 0.360. The Morgan fingerprint density at radius 1 is 1.10 bits per heavy atom. The molecule has 0 radical (unpaired) electrons. The molecule has 0 amide bonds. The predicted octanol–water partition coefficient (Wildman–Crippen LogP) is 3.07. The second kappa shape index (κ2) is 8.90. The van der Waals surface area contributed by atoms with Crippen molar-refractivity contribution < 1.29 is 27.7 Å². The summed E-state index contributed by atoms with van der Waals surface area (Å²) in [7, 11) is -3.58. The second-order valence-corrected chi connectivity index (χ2v) is 8.90. The lowest BCUT2D eigenvalue weighted by Crippen LogP contribution is -2.27. The van der Waals surface area contributed by atoms with E-state index >= 15 is 0 Å². The van der Waals surface area contributed by atoms with Crippen LogP contribution < -0.4 is 0 Å². The Labute approximate surface area is 177 Å². The van der Waals surface area contributed by atoms with E-state index in [-0.39, 0.29) is 26.7 Å². The summed E-state index contributed by atoms with van der Waals surface area (Å²) in [5, 5.41) is 10.5. The average molecular weight is 453 g/mol. The van der Waals surface area contributed by atoms with Crippen molar-refractivity contribution in [3.05, 3.63) is 68.7 Å². The van der Waals surface area contributed by atoms with Gasteiger partial charge in [0.2, 0.25) is 10.0 Å². The van der Waals surface area contributed by atoms with Gasteiger partial charge in [-0.05, 0) is 43.2 Å². The van der Waals surface area contributed by atoms with Crippen LogP contribution in [0.4, 0.5) is 5.69 Å². The lowest BCUT2D eigenvalue weighted by molar-refractivity contribution is -0.384. The molecule has 1 saturated heterocycles. The smallest absolute Gasteiger partial charge is 0.340 e. The molecule has 0 atom stereocenters. The van der Waals surface area contributed by atoms with Crippen molar-refractivity contribution in [3.63, 3.8) is 0 Å². The molecule has 11 heteroatoms. The van der Waals surface area contributed by atoms with Gasteiger partial charge in [-0.1, -0.05) is 11.6 Å². The van der Waals surface area contributed by atoms with E-state index in [1.54, 1.807) is 0 Å². The highest BCUT2D eigenvalue weighted by Gasteiger charge is 2.27. The Morgan fingerprint density at radius 3 is 2.30 bits per heavy atom.